The van der Waals surface area contributed by atoms with Crippen LogP contribution in [0.5, 0.6) is 0 Å². The van der Waals surface area contributed by atoms with Crippen LogP contribution in [0.3, 0.4) is 0 Å². The van der Waals surface area contributed by atoms with Gasteiger partial charge in [0.05, 0.1) is 23.4 Å². The maximum Gasteiger partial charge on any atom is 0.234 e. The molecule has 3 aromatic heterocycles. The number of rotatable bonds is 8. The minimum absolute atomic E-state index is 0.0792. The highest BCUT2D eigenvalue weighted by Crippen LogP contribution is 2.28. The summed E-state index contributed by atoms with van der Waals surface area (Å²) in [4.78, 5) is 13.4. The molecule has 0 aliphatic carbocycles. The molecule has 4 aromatic rings. The zero-order valence-corrected chi connectivity index (χ0v) is 17.5. The molecule has 148 valence electrons. The van der Waals surface area contributed by atoms with Crippen molar-refractivity contribution < 1.29 is 9.21 Å². The van der Waals surface area contributed by atoms with Crippen molar-refractivity contribution in [3.05, 3.63) is 71.5 Å². The Morgan fingerprint density at radius 1 is 1.17 bits per heavy atom. The molecular weight excluding hydrogens is 404 g/mol. The number of nitrogens with zero attached hydrogens (tertiary/aromatic N) is 3. The quantitative estimate of drug-likeness (QED) is 0.406. The summed E-state index contributed by atoms with van der Waals surface area (Å²) in [5.74, 6) is 1.75. The lowest BCUT2D eigenvalue weighted by atomic mass is 10.1. The molecular formula is C21H20N4O2S2. The van der Waals surface area contributed by atoms with Gasteiger partial charge in [0.15, 0.2) is 11.0 Å². The molecule has 0 atom stereocenters. The van der Waals surface area contributed by atoms with E-state index in [9.17, 15) is 4.79 Å². The van der Waals surface area contributed by atoms with E-state index >= 15 is 0 Å². The molecule has 8 heteroatoms. The van der Waals surface area contributed by atoms with Crippen LogP contribution < -0.4 is 5.32 Å². The van der Waals surface area contributed by atoms with Gasteiger partial charge in [-0.2, -0.15) is 0 Å². The van der Waals surface area contributed by atoms with E-state index in [0.29, 0.717) is 11.7 Å². The molecule has 3 heterocycles. The second kappa shape index (κ2) is 9.11. The number of aryl methyl sites for hydroxylation is 1. The third-order valence-electron chi connectivity index (χ3n) is 4.33. The molecule has 0 unspecified atom stereocenters. The number of carbonyl (C=O) groups excluding carboxylic acids is 1. The van der Waals surface area contributed by atoms with Crippen molar-refractivity contribution in [3.63, 3.8) is 0 Å². The second-order valence-electron chi connectivity index (χ2n) is 6.34. The van der Waals surface area contributed by atoms with Crippen molar-refractivity contribution >= 4 is 34.7 Å². The Bertz CT molecular complexity index is 1060. The number of anilines is 1. The summed E-state index contributed by atoms with van der Waals surface area (Å²) >= 11 is 2.97. The number of hydrogen-bond acceptors (Lipinski definition) is 6. The molecule has 29 heavy (non-hydrogen) atoms. The third-order valence-corrected chi connectivity index (χ3v) is 6.16. The fourth-order valence-corrected chi connectivity index (χ4v) is 4.29. The average molecular weight is 425 g/mol. The number of amides is 1. The van der Waals surface area contributed by atoms with E-state index in [1.807, 2.05) is 58.5 Å². The van der Waals surface area contributed by atoms with E-state index in [2.05, 4.69) is 22.4 Å². The minimum atomic E-state index is -0.0792. The zero-order chi connectivity index (χ0) is 20.1. The van der Waals surface area contributed by atoms with Gasteiger partial charge in [-0.05, 0) is 47.7 Å². The average Bonchev–Trinajstić information content (AvgIpc) is 3.50. The van der Waals surface area contributed by atoms with Crippen LogP contribution in [-0.4, -0.2) is 26.4 Å². The minimum Gasteiger partial charge on any atom is -0.467 e. The van der Waals surface area contributed by atoms with E-state index in [-0.39, 0.29) is 11.7 Å². The molecule has 0 saturated carbocycles. The number of thioether (sulfide) groups is 1. The molecule has 1 amide bonds. The molecule has 1 aromatic carbocycles. The van der Waals surface area contributed by atoms with E-state index in [1.54, 1.807) is 17.6 Å². The van der Waals surface area contributed by atoms with Crippen molar-refractivity contribution in [2.24, 2.45) is 0 Å². The van der Waals surface area contributed by atoms with E-state index < -0.39 is 0 Å². The summed E-state index contributed by atoms with van der Waals surface area (Å²) in [5.41, 5.74) is 2.04. The molecule has 0 bridgehead atoms. The van der Waals surface area contributed by atoms with Gasteiger partial charge in [0.2, 0.25) is 5.91 Å². The highest BCUT2D eigenvalue weighted by Gasteiger charge is 2.17. The first-order chi connectivity index (χ1) is 14.2. The lowest BCUT2D eigenvalue weighted by Crippen LogP contribution is -2.14. The summed E-state index contributed by atoms with van der Waals surface area (Å²) in [6, 6.07) is 15.7. The van der Waals surface area contributed by atoms with Crippen LogP contribution in [0.15, 0.2) is 69.7 Å². The van der Waals surface area contributed by atoms with Crippen LogP contribution in [0, 0.1) is 0 Å². The number of thiophene rings is 1. The van der Waals surface area contributed by atoms with Gasteiger partial charge in [-0.25, -0.2) is 0 Å². The normalized spacial score (nSPS) is 10.9. The predicted octanol–water partition coefficient (Wildman–Crippen LogP) is 4.94. The fraction of sp³-hybridized carbons (Fsp3) is 0.190. The van der Waals surface area contributed by atoms with Crippen molar-refractivity contribution in [3.8, 4) is 10.7 Å². The predicted molar refractivity (Wildman–Crippen MR) is 116 cm³/mol. The van der Waals surface area contributed by atoms with Gasteiger partial charge in [0.1, 0.15) is 5.76 Å². The maximum absolute atomic E-state index is 12.4. The van der Waals surface area contributed by atoms with Gasteiger partial charge in [0, 0.05) is 5.69 Å². The largest absolute Gasteiger partial charge is 0.467 e. The number of nitrogens with one attached hydrogen (secondary N) is 1. The standard InChI is InChI=1S/C21H20N4O2S2/c1-2-15-7-9-16(10-8-15)22-19(26)14-29-21-24-23-20(18-6-4-12-28-18)25(21)13-17-5-3-11-27-17/h3-12H,2,13-14H2,1H3,(H,22,26). The van der Waals surface area contributed by atoms with Gasteiger partial charge in [-0.3, -0.25) is 9.36 Å². The monoisotopic (exact) mass is 424 g/mol. The van der Waals surface area contributed by atoms with Gasteiger partial charge < -0.3 is 9.73 Å². The van der Waals surface area contributed by atoms with Gasteiger partial charge in [-0.15, -0.1) is 21.5 Å². The second-order valence-corrected chi connectivity index (χ2v) is 8.23. The number of carbonyl (C=O) groups is 1. The summed E-state index contributed by atoms with van der Waals surface area (Å²) < 4.78 is 7.48. The number of furan rings is 1. The first-order valence-electron chi connectivity index (χ1n) is 9.24. The van der Waals surface area contributed by atoms with Crippen molar-refractivity contribution in [1.29, 1.82) is 0 Å². The summed E-state index contributed by atoms with van der Waals surface area (Å²) in [5, 5.41) is 14.3. The van der Waals surface area contributed by atoms with Crippen LogP contribution in [0.25, 0.3) is 10.7 Å². The lowest BCUT2D eigenvalue weighted by molar-refractivity contribution is -0.113. The summed E-state index contributed by atoms with van der Waals surface area (Å²) in [6.07, 6.45) is 2.62. The Morgan fingerprint density at radius 3 is 2.72 bits per heavy atom. The SMILES string of the molecule is CCc1ccc(NC(=O)CSc2nnc(-c3cccs3)n2Cc2ccco2)cc1. The Balaban J connectivity index is 1.46. The van der Waals surface area contributed by atoms with Crippen molar-refractivity contribution in [2.45, 2.75) is 25.0 Å². The number of aromatic nitrogens is 3. The van der Waals surface area contributed by atoms with E-state index in [0.717, 1.165) is 28.6 Å². The summed E-state index contributed by atoms with van der Waals surface area (Å²) in [6.45, 7) is 2.61. The van der Waals surface area contributed by atoms with Crippen LogP contribution in [0.2, 0.25) is 0 Å². The first-order valence-corrected chi connectivity index (χ1v) is 11.1. The third kappa shape index (κ3) is 4.78. The Labute approximate surface area is 177 Å². The molecule has 0 radical (unpaired) electrons. The van der Waals surface area contributed by atoms with Gasteiger partial charge in [-0.1, -0.05) is 36.9 Å². The zero-order valence-electron chi connectivity index (χ0n) is 15.9. The van der Waals surface area contributed by atoms with Gasteiger partial charge >= 0.3 is 0 Å². The van der Waals surface area contributed by atoms with Gasteiger partial charge in [0.25, 0.3) is 0 Å². The molecule has 0 fully saturated rings. The Morgan fingerprint density at radius 2 is 2.03 bits per heavy atom. The maximum atomic E-state index is 12.4. The lowest BCUT2D eigenvalue weighted by Gasteiger charge is -2.08. The molecule has 6 nitrogen and oxygen atoms in total. The van der Waals surface area contributed by atoms with E-state index in [1.165, 1.54) is 17.3 Å². The number of hydrogen-bond donors (Lipinski definition) is 1. The van der Waals surface area contributed by atoms with Crippen LogP contribution in [0.1, 0.15) is 18.2 Å². The Kier molecular flexibility index (Phi) is 6.12. The van der Waals surface area contributed by atoms with Crippen molar-refractivity contribution in [1.82, 2.24) is 14.8 Å². The fourth-order valence-electron chi connectivity index (χ4n) is 2.84. The highest BCUT2D eigenvalue weighted by atomic mass is 32.2. The topological polar surface area (TPSA) is 73.0 Å². The van der Waals surface area contributed by atoms with Crippen LogP contribution in [-0.2, 0) is 17.8 Å². The van der Waals surface area contributed by atoms with Crippen molar-refractivity contribution in [2.75, 3.05) is 11.1 Å². The first kappa shape index (κ1) is 19.5. The van der Waals surface area contributed by atoms with Crippen LogP contribution >= 0.6 is 23.1 Å². The molecule has 0 aliphatic heterocycles. The molecule has 1 N–H and O–H groups in total. The highest BCUT2D eigenvalue weighted by molar-refractivity contribution is 7.99. The number of benzene rings is 1. The molecule has 0 saturated heterocycles. The van der Waals surface area contributed by atoms with Crippen LogP contribution in [0.4, 0.5) is 5.69 Å². The molecule has 4 rings (SSSR count). The van der Waals surface area contributed by atoms with E-state index in [4.69, 9.17) is 4.42 Å². The molecule has 0 aliphatic rings. The molecule has 0 spiro atoms. The Hall–Kier alpha value is -2.84. The smallest absolute Gasteiger partial charge is 0.234 e. The summed E-state index contributed by atoms with van der Waals surface area (Å²) in [7, 11) is 0.